The van der Waals surface area contributed by atoms with Gasteiger partial charge in [-0.25, -0.2) is 4.68 Å². The zero-order valence-corrected chi connectivity index (χ0v) is 21.1. The van der Waals surface area contributed by atoms with Gasteiger partial charge in [0.1, 0.15) is 11.9 Å². The van der Waals surface area contributed by atoms with Crippen molar-refractivity contribution < 1.29 is 9.59 Å². The fourth-order valence-corrected chi connectivity index (χ4v) is 5.20. The van der Waals surface area contributed by atoms with Gasteiger partial charge in [0.25, 0.3) is 11.5 Å². The monoisotopic (exact) mass is 485 g/mol. The summed E-state index contributed by atoms with van der Waals surface area (Å²) in [4.78, 5) is 43.5. The first-order chi connectivity index (χ1) is 17.3. The van der Waals surface area contributed by atoms with Crippen LogP contribution in [0.3, 0.4) is 0 Å². The van der Waals surface area contributed by atoms with E-state index in [0.717, 1.165) is 40.1 Å². The highest BCUT2D eigenvalue weighted by atomic mass is 16.2. The fourth-order valence-electron chi connectivity index (χ4n) is 5.20. The Hall–Kier alpha value is -4.07. The normalized spacial score (nSPS) is 17.6. The van der Waals surface area contributed by atoms with Crippen molar-refractivity contribution >= 4 is 23.3 Å². The van der Waals surface area contributed by atoms with Crippen LogP contribution in [-0.4, -0.2) is 52.3 Å². The van der Waals surface area contributed by atoms with E-state index in [1.807, 2.05) is 62.1 Å². The number of aryl methyl sites for hydroxylation is 2. The zero-order valence-electron chi connectivity index (χ0n) is 21.1. The van der Waals surface area contributed by atoms with E-state index in [1.165, 1.54) is 13.0 Å². The van der Waals surface area contributed by atoms with Crippen LogP contribution in [0.4, 0.5) is 11.5 Å². The number of amides is 1. The molecule has 8 heteroatoms. The standard InChI is InChI=1S/C28H31N5O3/c1-18-10-11-22(16-19(18)2)27-26(20(3)29-24-17-25(35)32(21(4)34)33(24)27)28(36)31-14-12-30(13-15-31)23-8-6-5-7-9-23/h5-11,16-17,27,29H,12-15H2,1-4H3. The molecule has 1 atom stereocenters. The van der Waals surface area contributed by atoms with Crippen LogP contribution in [0.1, 0.15) is 41.4 Å². The van der Waals surface area contributed by atoms with Gasteiger partial charge in [0, 0.05) is 50.6 Å². The molecule has 1 N–H and O–H groups in total. The minimum absolute atomic E-state index is 0.0853. The van der Waals surface area contributed by atoms with E-state index in [2.05, 4.69) is 22.3 Å². The number of para-hydroxylation sites is 1. The minimum atomic E-state index is -0.605. The van der Waals surface area contributed by atoms with Crippen molar-refractivity contribution in [3.63, 3.8) is 0 Å². The second-order valence-corrected chi connectivity index (χ2v) is 9.57. The van der Waals surface area contributed by atoms with Crippen molar-refractivity contribution in [1.82, 2.24) is 14.3 Å². The molecule has 1 unspecified atom stereocenters. The lowest BCUT2D eigenvalue weighted by Gasteiger charge is -2.39. The second kappa shape index (κ2) is 9.18. The van der Waals surface area contributed by atoms with E-state index in [4.69, 9.17) is 0 Å². The molecule has 2 aliphatic rings. The topological polar surface area (TPSA) is 79.6 Å². The zero-order chi connectivity index (χ0) is 25.6. The van der Waals surface area contributed by atoms with Gasteiger partial charge in [-0.05, 0) is 49.6 Å². The molecule has 3 heterocycles. The maximum Gasteiger partial charge on any atom is 0.276 e. The third-order valence-electron chi connectivity index (χ3n) is 7.23. The van der Waals surface area contributed by atoms with Crippen molar-refractivity contribution in [2.45, 2.75) is 33.7 Å². The van der Waals surface area contributed by atoms with Gasteiger partial charge in [0.05, 0.1) is 5.57 Å². The van der Waals surface area contributed by atoms with Gasteiger partial charge < -0.3 is 15.1 Å². The number of hydrogen-bond donors (Lipinski definition) is 1. The molecule has 1 saturated heterocycles. The van der Waals surface area contributed by atoms with E-state index in [9.17, 15) is 14.4 Å². The number of allylic oxidation sites excluding steroid dienone is 1. The lowest BCUT2D eigenvalue weighted by atomic mass is 9.92. The molecule has 1 fully saturated rings. The molecule has 2 aromatic carbocycles. The lowest BCUT2D eigenvalue weighted by molar-refractivity contribution is -0.128. The Morgan fingerprint density at radius 3 is 2.22 bits per heavy atom. The van der Waals surface area contributed by atoms with Gasteiger partial charge >= 0.3 is 0 Å². The first-order valence-corrected chi connectivity index (χ1v) is 12.3. The van der Waals surface area contributed by atoms with Gasteiger partial charge in [-0.1, -0.05) is 36.4 Å². The molecule has 0 aliphatic carbocycles. The van der Waals surface area contributed by atoms with E-state index in [-0.39, 0.29) is 5.91 Å². The predicted octanol–water partition coefficient (Wildman–Crippen LogP) is 3.56. The van der Waals surface area contributed by atoms with E-state index in [0.29, 0.717) is 30.2 Å². The van der Waals surface area contributed by atoms with Crippen LogP contribution in [0.5, 0.6) is 0 Å². The maximum atomic E-state index is 14.1. The summed E-state index contributed by atoms with van der Waals surface area (Å²) in [6, 6.07) is 17.0. The predicted molar refractivity (Wildman–Crippen MR) is 141 cm³/mol. The molecule has 1 amide bonds. The number of carbonyl (C=O) groups is 2. The Kier molecular flexibility index (Phi) is 6.04. The number of aromatic nitrogens is 2. The fraction of sp³-hybridized carbons (Fsp3) is 0.321. The average molecular weight is 486 g/mol. The summed E-state index contributed by atoms with van der Waals surface area (Å²) in [7, 11) is 0. The summed E-state index contributed by atoms with van der Waals surface area (Å²) in [5.74, 6) is 0.0175. The van der Waals surface area contributed by atoms with Crippen molar-refractivity contribution in [2.75, 3.05) is 36.4 Å². The highest BCUT2D eigenvalue weighted by Gasteiger charge is 2.37. The van der Waals surface area contributed by atoms with Crippen molar-refractivity contribution in [2.24, 2.45) is 0 Å². The molecule has 0 saturated carbocycles. The average Bonchev–Trinajstić information content (AvgIpc) is 3.20. The van der Waals surface area contributed by atoms with E-state index in [1.54, 1.807) is 4.68 Å². The number of nitrogens with zero attached hydrogens (tertiary/aromatic N) is 4. The number of benzene rings is 2. The van der Waals surface area contributed by atoms with E-state index < -0.39 is 17.5 Å². The van der Waals surface area contributed by atoms with Crippen LogP contribution in [0.15, 0.2) is 70.7 Å². The Labute approximate surface area is 210 Å². The highest BCUT2D eigenvalue weighted by molar-refractivity contribution is 5.97. The molecular formula is C28H31N5O3. The summed E-state index contributed by atoms with van der Waals surface area (Å²) in [5.41, 5.74) is 5.04. The van der Waals surface area contributed by atoms with Crippen molar-refractivity contribution in [3.05, 3.63) is 92.9 Å². The van der Waals surface area contributed by atoms with Gasteiger partial charge in [0.15, 0.2) is 0 Å². The Balaban J connectivity index is 1.54. The Morgan fingerprint density at radius 2 is 1.58 bits per heavy atom. The van der Waals surface area contributed by atoms with Crippen LogP contribution in [-0.2, 0) is 4.79 Å². The summed E-state index contributed by atoms with van der Waals surface area (Å²) in [6.45, 7) is 9.92. The summed E-state index contributed by atoms with van der Waals surface area (Å²) in [5, 5.41) is 3.22. The Morgan fingerprint density at radius 1 is 0.889 bits per heavy atom. The van der Waals surface area contributed by atoms with Crippen LogP contribution in [0.25, 0.3) is 0 Å². The van der Waals surface area contributed by atoms with Gasteiger partial charge in [-0.3, -0.25) is 14.4 Å². The minimum Gasteiger partial charge on any atom is -0.368 e. The molecular weight excluding hydrogens is 454 g/mol. The number of anilines is 2. The largest absolute Gasteiger partial charge is 0.368 e. The van der Waals surface area contributed by atoms with Crippen LogP contribution < -0.4 is 15.8 Å². The number of nitrogens with one attached hydrogen (secondary N) is 1. The molecule has 3 aromatic rings. The summed E-state index contributed by atoms with van der Waals surface area (Å²) >= 11 is 0. The molecule has 8 nitrogen and oxygen atoms in total. The molecule has 186 valence electrons. The number of hydrogen-bond acceptors (Lipinski definition) is 5. The molecule has 1 aromatic heterocycles. The number of carbonyl (C=O) groups excluding carboxylic acids is 2. The van der Waals surface area contributed by atoms with E-state index >= 15 is 0 Å². The third kappa shape index (κ3) is 4.02. The quantitative estimate of drug-likeness (QED) is 0.614. The van der Waals surface area contributed by atoms with Crippen LogP contribution in [0.2, 0.25) is 0 Å². The maximum absolute atomic E-state index is 14.1. The molecule has 0 spiro atoms. The molecule has 0 bridgehead atoms. The van der Waals surface area contributed by atoms with Crippen LogP contribution >= 0.6 is 0 Å². The third-order valence-corrected chi connectivity index (χ3v) is 7.23. The SMILES string of the molecule is CC(=O)n1c(=O)cc2n1C(c1ccc(C)c(C)c1)C(C(=O)N1CCN(c3ccccc3)CC1)=C(C)N2. The van der Waals surface area contributed by atoms with Crippen molar-refractivity contribution in [1.29, 1.82) is 0 Å². The Bertz CT molecular complexity index is 1430. The summed E-state index contributed by atoms with van der Waals surface area (Å²) < 4.78 is 2.75. The highest BCUT2D eigenvalue weighted by Crippen LogP contribution is 2.37. The molecule has 5 rings (SSSR count). The first-order valence-electron chi connectivity index (χ1n) is 12.3. The molecule has 2 aliphatic heterocycles. The second-order valence-electron chi connectivity index (χ2n) is 9.57. The number of fused-ring (bicyclic) bond motifs is 1. The molecule has 36 heavy (non-hydrogen) atoms. The summed E-state index contributed by atoms with van der Waals surface area (Å²) in [6.07, 6.45) is 0. The van der Waals surface area contributed by atoms with Crippen LogP contribution in [0, 0.1) is 13.8 Å². The number of piperazine rings is 1. The van der Waals surface area contributed by atoms with Gasteiger partial charge in [-0.2, -0.15) is 4.68 Å². The first kappa shape index (κ1) is 23.7. The number of rotatable bonds is 3. The smallest absolute Gasteiger partial charge is 0.276 e. The van der Waals surface area contributed by atoms with Crippen molar-refractivity contribution in [3.8, 4) is 0 Å². The van der Waals surface area contributed by atoms with Gasteiger partial charge in [0.2, 0.25) is 5.91 Å². The molecule has 0 radical (unpaired) electrons. The van der Waals surface area contributed by atoms with Gasteiger partial charge in [-0.15, -0.1) is 0 Å². The lowest BCUT2D eigenvalue weighted by Crippen LogP contribution is -2.50.